The summed E-state index contributed by atoms with van der Waals surface area (Å²) in [5, 5.41) is 0. The predicted molar refractivity (Wildman–Crippen MR) is 0 cm³/mol. The zero-order valence-corrected chi connectivity index (χ0v) is 9.41. The van der Waals surface area contributed by atoms with Crippen LogP contribution in [-0.4, -0.2) is 0 Å². The van der Waals surface area contributed by atoms with Crippen molar-refractivity contribution in [2.24, 2.45) is 0 Å². The molecular formula is CuNiTiVZr. The van der Waals surface area contributed by atoms with E-state index in [1.165, 1.54) is 0 Å². The molecule has 0 aliphatic carbocycles. The molecule has 0 spiro atoms. The van der Waals surface area contributed by atoms with Gasteiger partial charge in [-0.3, -0.25) is 0 Å². The molecule has 0 fully saturated rings. The molecule has 0 nitrogen and oxygen atoms in total. The second-order valence-corrected chi connectivity index (χ2v) is 0. The molecule has 0 aliphatic heterocycles. The molecule has 5 heavy (non-hydrogen) atoms. The van der Waals surface area contributed by atoms with E-state index < -0.39 is 0 Å². The molecule has 0 atom stereocenters. The van der Waals surface area contributed by atoms with Crippen LogP contribution in [0.4, 0.5) is 0 Å². The first-order chi connectivity index (χ1) is 0. The van der Waals surface area contributed by atoms with Crippen molar-refractivity contribution >= 4 is 0 Å². The van der Waals surface area contributed by atoms with Crippen LogP contribution in [0.2, 0.25) is 0 Å². The maximum absolute atomic E-state index is 0. The van der Waals surface area contributed by atoms with Gasteiger partial charge in [0.05, 0.1) is 0 Å². The summed E-state index contributed by atoms with van der Waals surface area (Å²) in [6.45, 7) is 0. The summed E-state index contributed by atoms with van der Waals surface area (Å²) in [7, 11) is 0. The van der Waals surface area contributed by atoms with Crippen LogP contribution in [0.5, 0.6) is 0 Å². The van der Waals surface area contributed by atoms with E-state index in [1.807, 2.05) is 0 Å². The molecule has 0 aromatic rings. The molecule has 0 amide bonds. The SMILES string of the molecule is [Cu].[Ni].[Ti].[V].[Zr]. The van der Waals surface area contributed by atoms with Crippen LogP contribution in [0, 0.1) is 0 Å². The maximum atomic E-state index is 0. The first kappa shape index (κ1) is 41.6. The quantitative estimate of drug-likeness (QED) is 0.552. The molecule has 0 heterocycles. The Kier molecular flexibility index (Phi) is 225. The van der Waals surface area contributed by atoms with E-state index in [1.54, 1.807) is 0 Å². The minimum Gasteiger partial charge on any atom is 0 e. The van der Waals surface area contributed by atoms with Gasteiger partial charge in [0.25, 0.3) is 0 Å². The molecule has 5 heteroatoms. The van der Waals surface area contributed by atoms with Crippen molar-refractivity contribution in [3.8, 4) is 0 Å². The molecule has 0 saturated carbocycles. The Morgan fingerprint density at radius 2 is 1.00 bits per heavy atom. The molecule has 0 aromatic carbocycles. The van der Waals surface area contributed by atoms with Gasteiger partial charge < -0.3 is 0 Å². The van der Waals surface area contributed by atoms with Crippen LogP contribution >= 0.6 is 0 Å². The smallest absolute Gasteiger partial charge is 0 e. The Balaban J connectivity index is 0. The standard InChI is InChI=1S/Cu.Ni.Ti.V.Zr. The van der Waals surface area contributed by atoms with Gasteiger partial charge in [0.15, 0.2) is 0 Å². The van der Waals surface area contributed by atoms with E-state index in [0.29, 0.717) is 0 Å². The zero-order valence-electron chi connectivity index (χ0n) is 2.06. The topological polar surface area (TPSA) is 0 Å². The van der Waals surface area contributed by atoms with Gasteiger partial charge in [-0.1, -0.05) is 0 Å². The molecule has 0 aliphatic rings. The number of rotatable bonds is 0. The van der Waals surface area contributed by atoms with E-state index >= 15 is 0 Å². The second-order valence-electron chi connectivity index (χ2n) is 0. The van der Waals surface area contributed by atoms with Gasteiger partial charge in [-0.25, -0.2) is 0 Å². The summed E-state index contributed by atoms with van der Waals surface area (Å²) in [4.78, 5) is 0. The average molecular weight is 312 g/mol. The second kappa shape index (κ2) is 27.1. The summed E-state index contributed by atoms with van der Waals surface area (Å²) in [5.74, 6) is 0. The van der Waals surface area contributed by atoms with E-state index in [2.05, 4.69) is 0 Å². The normalized spacial score (nSPS) is 0. The Labute approximate surface area is 98.3 Å². The van der Waals surface area contributed by atoms with Crippen LogP contribution in [0.1, 0.15) is 0 Å². The Bertz CT molecular complexity index is 11.6. The van der Waals surface area contributed by atoms with Crippen molar-refractivity contribution in [3.63, 3.8) is 0 Å². The molecule has 0 bridgehead atoms. The molecule has 0 saturated heterocycles. The minimum absolute atomic E-state index is 0. The molecule has 0 aromatic heterocycles. The van der Waals surface area contributed by atoms with Gasteiger partial charge >= 0.3 is 0 Å². The monoisotopic (exact) mass is 310 g/mol. The molecule has 2 radical (unpaired) electrons. The van der Waals surface area contributed by atoms with Gasteiger partial charge in [0, 0.05) is 100 Å². The van der Waals surface area contributed by atoms with Crippen LogP contribution in [0.15, 0.2) is 0 Å². The van der Waals surface area contributed by atoms with Gasteiger partial charge in [-0.2, -0.15) is 0 Å². The fourth-order valence-electron chi connectivity index (χ4n) is 0. The Morgan fingerprint density at radius 3 is 1.00 bits per heavy atom. The Morgan fingerprint density at radius 1 is 1.00 bits per heavy atom. The van der Waals surface area contributed by atoms with Gasteiger partial charge in [-0.05, 0) is 0 Å². The summed E-state index contributed by atoms with van der Waals surface area (Å²) in [5.41, 5.74) is 0. The Hall–Kier alpha value is 3.19. The summed E-state index contributed by atoms with van der Waals surface area (Å²) in [6.07, 6.45) is 0. The third-order valence-electron chi connectivity index (χ3n) is 0. The van der Waals surface area contributed by atoms with Crippen molar-refractivity contribution in [3.05, 3.63) is 0 Å². The van der Waals surface area contributed by atoms with Crippen molar-refractivity contribution in [1.82, 2.24) is 0 Å². The first-order valence-electron chi connectivity index (χ1n) is 0. The summed E-state index contributed by atoms with van der Waals surface area (Å²) >= 11 is 0. The van der Waals surface area contributed by atoms with Crippen LogP contribution in [0.3, 0.4) is 0 Å². The van der Waals surface area contributed by atoms with Crippen LogP contribution in [-0.2, 0) is 100 Å². The molecule has 0 rings (SSSR count). The predicted octanol–water partition coefficient (Wildman–Crippen LogP) is -0.0125. The molecule has 34 valence electrons. The maximum Gasteiger partial charge on any atom is 0 e. The van der Waals surface area contributed by atoms with Crippen molar-refractivity contribution in [2.75, 3.05) is 0 Å². The van der Waals surface area contributed by atoms with Crippen molar-refractivity contribution in [1.29, 1.82) is 0 Å². The summed E-state index contributed by atoms with van der Waals surface area (Å²) in [6, 6.07) is 0. The minimum atomic E-state index is 0. The molecular weight excluding hydrogens is 312 g/mol. The van der Waals surface area contributed by atoms with Gasteiger partial charge in [0.1, 0.15) is 0 Å². The largest absolute Gasteiger partial charge is 0 e. The van der Waals surface area contributed by atoms with Gasteiger partial charge in [0.2, 0.25) is 0 Å². The van der Waals surface area contributed by atoms with E-state index in [0.717, 1.165) is 0 Å². The van der Waals surface area contributed by atoms with E-state index in [4.69, 9.17) is 0 Å². The van der Waals surface area contributed by atoms with Crippen molar-refractivity contribution < 1.29 is 100 Å². The molecule has 0 unspecified atom stereocenters. The van der Waals surface area contributed by atoms with Crippen LogP contribution < -0.4 is 0 Å². The van der Waals surface area contributed by atoms with Gasteiger partial charge in [-0.15, -0.1) is 0 Å². The fraction of sp³-hybridized carbons (Fsp3) is 0. The third kappa shape index (κ3) is 19.0. The molecule has 0 N–H and O–H groups in total. The average Bonchev–Trinajstić information content (AvgIpc) is 0. The third-order valence-corrected chi connectivity index (χ3v) is 0. The number of hydrogen-bond acceptors (Lipinski definition) is 0. The van der Waals surface area contributed by atoms with Crippen LogP contribution in [0.25, 0.3) is 0 Å². The fourth-order valence-corrected chi connectivity index (χ4v) is 0. The zero-order chi connectivity index (χ0) is 0. The number of hydrogen-bond donors (Lipinski definition) is 0. The van der Waals surface area contributed by atoms with Crippen molar-refractivity contribution in [2.45, 2.75) is 0 Å². The van der Waals surface area contributed by atoms with E-state index in [9.17, 15) is 0 Å². The first-order valence-corrected chi connectivity index (χ1v) is 0. The van der Waals surface area contributed by atoms with E-state index in [-0.39, 0.29) is 100 Å². The summed E-state index contributed by atoms with van der Waals surface area (Å²) < 4.78 is 0.